The number of nitrogens with one attached hydrogen (secondary N) is 1. The quantitative estimate of drug-likeness (QED) is 0.639. The molecule has 2 aromatic rings. The molecule has 0 aliphatic rings. The van der Waals surface area contributed by atoms with Crippen LogP contribution < -0.4 is 5.32 Å². The normalized spacial score (nSPS) is 11.9. The molecule has 0 heterocycles. The lowest BCUT2D eigenvalue weighted by Crippen LogP contribution is -2.31. The third-order valence-corrected chi connectivity index (χ3v) is 4.68. The molecule has 0 aliphatic carbocycles. The van der Waals surface area contributed by atoms with Crippen molar-refractivity contribution in [1.82, 2.24) is 5.32 Å². The van der Waals surface area contributed by atoms with E-state index in [-0.39, 0.29) is 28.1 Å². The molecule has 2 aromatic carbocycles. The molecule has 2 rings (SSSR count). The van der Waals surface area contributed by atoms with Gasteiger partial charge in [-0.3, -0.25) is 9.59 Å². The highest BCUT2D eigenvalue weighted by molar-refractivity contribution is 6.43. The van der Waals surface area contributed by atoms with Crippen molar-refractivity contribution in [3.63, 3.8) is 0 Å². The van der Waals surface area contributed by atoms with Gasteiger partial charge in [-0.05, 0) is 37.6 Å². The van der Waals surface area contributed by atoms with Crippen LogP contribution in [0, 0.1) is 0 Å². The third-order valence-electron chi connectivity index (χ3n) is 3.52. The number of halogens is 3. The Labute approximate surface area is 167 Å². The van der Waals surface area contributed by atoms with Crippen LogP contribution in [0.5, 0.6) is 0 Å². The van der Waals surface area contributed by atoms with Crippen molar-refractivity contribution in [3.05, 3.63) is 68.7 Å². The third kappa shape index (κ3) is 5.37. The number of carbonyl (C=O) groups is 2. The van der Waals surface area contributed by atoms with Gasteiger partial charge in [0.25, 0.3) is 5.91 Å². The number of esters is 1. The molecular weight excluding hydrogens is 397 g/mol. The Kier molecular flexibility index (Phi) is 7.33. The molecule has 4 nitrogen and oxygen atoms in total. The zero-order valence-corrected chi connectivity index (χ0v) is 16.5. The summed E-state index contributed by atoms with van der Waals surface area (Å²) in [5.74, 6) is -0.901. The number of ether oxygens (including phenoxy) is 1. The fourth-order valence-corrected chi connectivity index (χ4v) is 3.04. The first-order valence-electron chi connectivity index (χ1n) is 7.98. The average Bonchev–Trinajstić information content (AvgIpc) is 2.56. The molecule has 0 radical (unpaired) electrons. The first kappa shape index (κ1) is 20.6. The summed E-state index contributed by atoms with van der Waals surface area (Å²) in [7, 11) is 0. The van der Waals surface area contributed by atoms with Crippen LogP contribution in [-0.2, 0) is 9.53 Å². The summed E-state index contributed by atoms with van der Waals surface area (Å²) in [6.07, 6.45) is -0.321. The summed E-state index contributed by atoms with van der Waals surface area (Å²) in [6, 6.07) is 11.1. The second-order valence-electron chi connectivity index (χ2n) is 5.89. The van der Waals surface area contributed by atoms with Gasteiger partial charge >= 0.3 is 5.97 Å². The summed E-state index contributed by atoms with van der Waals surface area (Å²) in [4.78, 5) is 24.8. The van der Waals surface area contributed by atoms with Gasteiger partial charge in [-0.25, -0.2) is 0 Å². The van der Waals surface area contributed by atoms with Gasteiger partial charge in [0.1, 0.15) is 0 Å². The molecule has 1 unspecified atom stereocenters. The minimum absolute atomic E-state index is 0.0637. The van der Waals surface area contributed by atoms with Crippen molar-refractivity contribution in [2.24, 2.45) is 0 Å². The second-order valence-corrected chi connectivity index (χ2v) is 7.08. The van der Waals surface area contributed by atoms with E-state index >= 15 is 0 Å². The highest BCUT2D eigenvalue weighted by Gasteiger charge is 2.23. The minimum Gasteiger partial charge on any atom is -0.463 e. The van der Waals surface area contributed by atoms with Crippen LogP contribution in [-0.4, -0.2) is 18.0 Å². The largest absolute Gasteiger partial charge is 0.463 e. The van der Waals surface area contributed by atoms with Crippen LogP contribution in [0.1, 0.15) is 42.2 Å². The molecule has 138 valence electrons. The summed E-state index contributed by atoms with van der Waals surface area (Å²) >= 11 is 18.3. The SMILES string of the molecule is CC(C)OC(=O)CC(NC(=O)c1cccc(Cl)c1Cl)c1ccccc1Cl. The number of hydrogen-bond acceptors (Lipinski definition) is 3. The van der Waals surface area contributed by atoms with Gasteiger partial charge in [-0.1, -0.05) is 59.1 Å². The van der Waals surface area contributed by atoms with E-state index in [4.69, 9.17) is 39.5 Å². The topological polar surface area (TPSA) is 55.4 Å². The molecule has 1 atom stereocenters. The molecule has 0 aromatic heterocycles. The van der Waals surface area contributed by atoms with Gasteiger partial charge in [0.15, 0.2) is 0 Å². The molecule has 1 amide bonds. The van der Waals surface area contributed by atoms with Gasteiger partial charge < -0.3 is 10.1 Å². The standard InChI is InChI=1S/C19H18Cl3NO3/c1-11(2)26-17(24)10-16(12-6-3-4-8-14(12)20)23-19(25)13-7-5-9-15(21)18(13)22/h3-9,11,16H,10H2,1-2H3,(H,23,25). The van der Waals surface area contributed by atoms with Crippen molar-refractivity contribution < 1.29 is 14.3 Å². The zero-order chi connectivity index (χ0) is 19.3. The highest BCUT2D eigenvalue weighted by Crippen LogP contribution is 2.29. The van der Waals surface area contributed by atoms with E-state index in [2.05, 4.69) is 5.32 Å². The van der Waals surface area contributed by atoms with E-state index in [1.807, 2.05) is 0 Å². The Hall–Kier alpha value is -1.75. The first-order valence-corrected chi connectivity index (χ1v) is 9.11. The molecule has 0 saturated carbocycles. The second kappa shape index (κ2) is 9.26. The molecule has 0 spiro atoms. The van der Waals surface area contributed by atoms with Gasteiger partial charge in [-0.2, -0.15) is 0 Å². The van der Waals surface area contributed by atoms with Crippen molar-refractivity contribution in [2.75, 3.05) is 0 Å². The fourth-order valence-electron chi connectivity index (χ4n) is 2.39. The molecule has 26 heavy (non-hydrogen) atoms. The van der Waals surface area contributed by atoms with Crippen molar-refractivity contribution >= 4 is 46.7 Å². The van der Waals surface area contributed by atoms with Gasteiger partial charge in [0.2, 0.25) is 0 Å². The summed E-state index contributed by atoms with van der Waals surface area (Å²) in [5.41, 5.74) is 0.829. The van der Waals surface area contributed by atoms with E-state index in [1.165, 1.54) is 0 Å². The Bertz CT molecular complexity index is 808. The maximum absolute atomic E-state index is 12.7. The number of amides is 1. The van der Waals surface area contributed by atoms with Gasteiger partial charge in [0.05, 0.1) is 34.2 Å². The number of carbonyl (C=O) groups excluding carboxylic acids is 2. The van der Waals surface area contributed by atoms with Crippen LogP contribution in [0.25, 0.3) is 0 Å². The van der Waals surface area contributed by atoms with E-state index < -0.39 is 17.9 Å². The van der Waals surface area contributed by atoms with Crippen LogP contribution >= 0.6 is 34.8 Å². The van der Waals surface area contributed by atoms with E-state index in [9.17, 15) is 9.59 Å². The van der Waals surface area contributed by atoms with E-state index in [0.29, 0.717) is 10.6 Å². The highest BCUT2D eigenvalue weighted by atomic mass is 35.5. The smallest absolute Gasteiger partial charge is 0.308 e. The summed E-state index contributed by atoms with van der Waals surface area (Å²) < 4.78 is 5.19. The van der Waals surface area contributed by atoms with Crippen molar-refractivity contribution in [1.29, 1.82) is 0 Å². The molecule has 7 heteroatoms. The summed E-state index contributed by atoms with van der Waals surface area (Å²) in [5, 5.41) is 3.65. The van der Waals surface area contributed by atoms with Gasteiger partial charge in [0, 0.05) is 5.02 Å². The van der Waals surface area contributed by atoms with Crippen LogP contribution in [0.3, 0.4) is 0 Å². The fraction of sp³-hybridized carbons (Fsp3) is 0.263. The molecule has 0 fully saturated rings. The van der Waals surface area contributed by atoms with Crippen molar-refractivity contribution in [3.8, 4) is 0 Å². The predicted octanol–water partition coefficient (Wildman–Crippen LogP) is 5.46. The average molecular weight is 415 g/mol. The van der Waals surface area contributed by atoms with Crippen LogP contribution in [0.15, 0.2) is 42.5 Å². The Balaban J connectivity index is 2.29. The predicted molar refractivity (Wildman–Crippen MR) is 104 cm³/mol. The van der Waals surface area contributed by atoms with Crippen LogP contribution in [0.4, 0.5) is 0 Å². The lowest BCUT2D eigenvalue weighted by Gasteiger charge is -2.21. The monoisotopic (exact) mass is 413 g/mol. The lowest BCUT2D eigenvalue weighted by molar-refractivity contribution is -0.147. The number of hydrogen-bond donors (Lipinski definition) is 1. The molecule has 0 aliphatic heterocycles. The Morgan fingerprint density at radius 2 is 1.65 bits per heavy atom. The maximum atomic E-state index is 12.7. The molecule has 0 saturated heterocycles. The summed E-state index contributed by atoms with van der Waals surface area (Å²) in [6.45, 7) is 3.51. The molecule has 0 bridgehead atoms. The maximum Gasteiger partial charge on any atom is 0.308 e. The molecular formula is C19H18Cl3NO3. The zero-order valence-electron chi connectivity index (χ0n) is 14.3. The van der Waals surface area contributed by atoms with Gasteiger partial charge in [-0.15, -0.1) is 0 Å². The minimum atomic E-state index is -0.669. The molecule has 1 N–H and O–H groups in total. The number of rotatable bonds is 6. The van der Waals surface area contributed by atoms with Crippen LogP contribution in [0.2, 0.25) is 15.1 Å². The Morgan fingerprint density at radius 3 is 2.31 bits per heavy atom. The van der Waals surface area contributed by atoms with E-state index in [1.54, 1.807) is 56.3 Å². The van der Waals surface area contributed by atoms with E-state index in [0.717, 1.165) is 0 Å². The first-order chi connectivity index (χ1) is 12.3. The van der Waals surface area contributed by atoms with Crippen molar-refractivity contribution in [2.45, 2.75) is 32.4 Å². The number of benzene rings is 2. The lowest BCUT2D eigenvalue weighted by atomic mass is 10.0. The Morgan fingerprint density at radius 1 is 1.00 bits per heavy atom.